The molecule has 4 heteroatoms. The van der Waals surface area contributed by atoms with Gasteiger partial charge in [-0.3, -0.25) is 0 Å². The SMILES string of the molecule is CP(C)(C)=CC#N.CP(C)(C)=CC#N. The molecule has 0 amide bonds. The van der Waals surface area contributed by atoms with Crippen LogP contribution < -0.4 is 0 Å². The molecule has 0 heterocycles. The minimum Gasteiger partial charge on any atom is -0.193 e. The Morgan fingerprint density at radius 1 is 0.714 bits per heavy atom. The quantitative estimate of drug-likeness (QED) is 0.600. The van der Waals surface area contributed by atoms with Crippen molar-refractivity contribution in [1.29, 1.82) is 10.5 Å². The lowest BCUT2D eigenvalue weighted by atomic mass is 10.9. The second-order valence-electron chi connectivity index (χ2n) is 4.75. The van der Waals surface area contributed by atoms with Crippen LogP contribution in [-0.2, 0) is 0 Å². The second-order valence-corrected chi connectivity index (χ2v) is 13.7. The van der Waals surface area contributed by atoms with E-state index in [1.807, 2.05) is 12.1 Å². The minimum atomic E-state index is -0.902. The van der Waals surface area contributed by atoms with E-state index >= 15 is 0 Å². The molecular weight excluding hydrogens is 210 g/mol. The predicted molar refractivity (Wildman–Crippen MR) is 72.7 cm³/mol. The molecule has 0 aromatic heterocycles. The molecule has 0 spiro atoms. The van der Waals surface area contributed by atoms with Crippen molar-refractivity contribution in [2.24, 2.45) is 0 Å². The molecule has 0 N–H and O–H groups in total. The predicted octanol–water partition coefficient (Wildman–Crippen LogP) is 2.44. The van der Waals surface area contributed by atoms with Gasteiger partial charge in [-0.15, -0.1) is 13.8 Å². The lowest BCUT2D eigenvalue weighted by Gasteiger charge is -1.99. The van der Waals surface area contributed by atoms with Crippen molar-refractivity contribution in [2.75, 3.05) is 40.0 Å². The van der Waals surface area contributed by atoms with Gasteiger partial charge in [-0.2, -0.15) is 10.5 Å². The van der Waals surface area contributed by atoms with Crippen LogP contribution in [0.15, 0.2) is 0 Å². The third kappa shape index (κ3) is 22.6. The molecule has 80 valence electrons. The maximum atomic E-state index is 8.12. The molecule has 0 atom stereocenters. The molecule has 2 nitrogen and oxygen atoms in total. The maximum absolute atomic E-state index is 8.12. The number of nitriles is 2. The molecule has 0 fully saturated rings. The summed E-state index contributed by atoms with van der Waals surface area (Å²) in [6.45, 7) is 10.8. The van der Waals surface area contributed by atoms with Crippen LogP contribution in [0.1, 0.15) is 0 Å². The van der Waals surface area contributed by atoms with Crippen molar-refractivity contribution in [3.63, 3.8) is 0 Å². The molecule has 14 heavy (non-hydrogen) atoms. The van der Waals surface area contributed by atoms with Gasteiger partial charge in [0, 0.05) is 11.6 Å². The molecule has 0 aliphatic heterocycles. The Labute approximate surface area is 88.5 Å². The first-order chi connectivity index (χ1) is 6.12. The first kappa shape index (κ1) is 16.0. The van der Waals surface area contributed by atoms with Crippen LogP contribution in [-0.4, -0.2) is 51.6 Å². The van der Waals surface area contributed by atoms with Gasteiger partial charge >= 0.3 is 0 Å². The summed E-state index contributed by atoms with van der Waals surface area (Å²) in [6.07, 6.45) is 0. The lowest BCUT2D eigenvalue weighted by Crippen LogP contribution is -1.73. The van der Waals surface area contributed by atoms with E-state index in [1.165, 1.54) is 0 Å². The Morgan fingerprint density at radius 2 is 0.929 bits per heavy atom. The second kappa shape index (κ2) is 6.95. The van der Waals surface area contributed by atoms with Crippen LogP contribution in [0.5, 0.6) is 0 Å². The molecule has 0 aromatic rings. The van der Waals surface area contributed by atoms with Crippen LogP contribution >= 0.6 is 13.8 Å². The van der Waals surface area contributed by atoms with Gasteiger partial charge in [0.2, 0.25) is 0 Å². The van der Waals surface area contributed by atoms with E-state index in [2.05, 4.69) is 40.0 Å². The molecule has 0 saturated carbocycles. The highest BCUT2D eigenvalue weighted by molar-refractivity contribution is 7.73. The number of rotatable bonds is 0. The van der Waals surface area contributed by atoms with Gasteiger partial charge < -0.3 is 0 Å². The topological polar surface area (TPSA) is 47.6 Å². The molecule has 0 aliphatic rings. The highest BCUT2D eigenvalue weighted by Gasteiger charge is 1.88. The lowest BCUT2D eigenvalue weighted by molar-refractivity contribution is 1.56. The minimum absolute atomic E-state index is 0.902. The molecule has 0 rings (SSSR count). The van der Waals surface area contributed by atoms with Gasteiger partial charge in [0.25, 0.3) is 0 Å². The van der Waals surface area contributed by atoms with Crippen LogP contribution in [0.2, 0.25) is 0 Å². The Bertz CT molecular complexity index is 289. The van der Waals surface area contributed by atoms with Crippen molar-refractivity contribution in [3.05, 3.63) is 0 Å². The molecule has 0 saturated heterocycles. The standard InChI is InChI=1S/2C5H10NP/c2*1-7(2,3)5-4-6/h2*5H,1-3H3. The molecule has 0 aliphatic carbocycles. The van der Waals surface area contributed by atoms with E-state index in [0.717, 1.165) is 0 Å². The Kier molecular flexibility index (Phi) is 7.96. The maximum Gasteiger partial charge on any atom is 0.0912 e. The highest BCUT2D eigenvalue weighted by atomic mass is 31.2. The van der Waals surface area contributed by atoms with Gasteiger partial charge in [0.15, 0.2) is 0 Å². The fourth-order valence-electron chi connectivity index (χ4n) is 0.346. The fraction of sp³-hybridized carbons (Fsp3) is 0.600. The molecule has 0 radical (unpaired) electrons. The molecule has 0 unspecified atom stereocenters. The van der Waals surface area contributed by atoms with E-state index in [-0.39, 0.29) is 0 Å². The summed E-state index contributed by atoms with van der Waals surface area (Å²) in [6, 6.07) is 4.06. The van der Waals surface area contributed by atoms with Crippen LogP contribution in [0.3, 0.4) is 0 Å². The highest BCUT2D eigenvalue weighted by Crippen LogP contribution is 2.30. The first-order valence-corrected chi connectivity index (χ1v) is 10.6. The van der Waals surface area contributed by atoms with Crippen molar-refractivity contribution in [1.82, 2.24) is 0 Å². The van der Waals surface area contributed by atoms with Crippen molar-refractivity contribution >= 4 is 25.4 Å². The molecule has 0 bridgehead atoms. The van der Waals surface area contributed by atoms with E-state index in [0.29, 0.717) is 0 Å². The monoisotopic (exact) mass is 230 g/mol. The smallest absolute Gasteiger partial charge is 0.0912 e. The number of nitrogens with zero attached hydrogens (tertiary/aromatic N) is 2. The first-order valence-electron chi connectivity index (χ1n) is 4.22. The summed E-state index contributed by atoms with van der Waals surface area (Å²) >= 11 is 0. The number of hydrogen-bond acceptors (Lipinski definition) is 2. The van der Waals surface area contributed by atoms with Gasteiger partial charge in [0.1, 0.15) is 0 Å². The zero-order valence-electron chi connectivity index (χ0n) is 9.94. The third-order valence-electron chi connectivity index (χ3n) is 0.890. The average Bonchev–Trinajstić information content (AvgIpc) is 1.81. The third-order valence-corrected chi connectivity index (χ3v) is 2.67. The average molecular weight is 230 g/mol. The van der Waals surface area contributed by atoms with Crippen LogP contribution in [0, 0.1) is 22.7 Å². The normalized spacial score (nSPS) is 10.0. The summed E-state index contributed by atoms with van der Waals surface area (Å²) in [5.74, 6) is 3.46. The van der Waals surface area contributed by atoms with Gasteiger partial charge in [-0.25, -0.2) is 0 Å². The Balaban J connectivity index is 0. The zero-order valence-corrected chi connectivity index (χ0v) is 11.7. The van der Waals surface area contributed by atoms with Crippen molar-refractivity contribution in [2.45, 2.75) is 0 Å². The van der Waals surface area contributed by atoms with Crippen molar-refractivity contribution in [3.8, 4) is 12.1 Å². The van der Waals surface area contributed by atoms with Gasteiger partial charge in [-0.1, -0.05) is 0 Å². The summed E-state index contributed by atoms with van der Waals surface area (Å²) in [5.41, 5.74) is 0. The fourth-order valence-corrected chi connectivity index (χ4v) is 1.04. The van der Waals surface area contributed by atoms with E-state index < -0.39 is 13.8 Å². The van der Waals surface area contributed by atoms with Crippen LogP contribution in [0.25, 0.3) is 0 Å². The van der Waals surface area contributed by atoms with E-state index in [9.17, 15) is 0 Å². The Hall–Kier alpha value is -0.420. The van der Waals surface area contributed by atoms with E-state index in [4.69, 9.17) is 10.5 Å². The van der Waals surface area contributed by atoms with Crippen molar-refractivity contribution < 1.29 is 0 Å². The summed E-state index contributed by atoms with van der Waals surface area (Å²) in [4.78, 5) is 0. The molecule has 0 aromatic carbocycles. The summed E-state index contributed by atoms with van der Waals surface area (Å²) in [5, 5.41) is 16.2. The number of hydrogen-bond donors (Lipinski definition) is 0. The van der Waals surface area contributed by atoms with Crippen LogP contribution in [0.4, 0.5) is 0 Å². The van der Waals surface area contributed by atoms with Gasteiger partial charge in [-0.05, 0) is 40.0 Å². The Morgan fingerprint density at radius 3 is 0.929 bits per heavy atom. The van der Waals surface area contributed by atoms with Gasteiger partial charge in [0.05, 0.1) is 12.1 Å². The zero-order chi connectivity index (χ0) is 11.8. The van der Waals surface area contributed by atoms with E-state index in [1.54, 1.807) is 11.6 Å². The summed E-state index contributed by atoms with van der Waals surface area (Å²) < 4.78 is 0. The summed E-state index contributed by atoms with van der Waals surface area (Å²) in [7, 11) is 0. The molecular formula is C10H20N2P2. The largest absolute Gasteiger partial charge is 0.193 e.